The lowest BCUT2D eigenvalue weighted by atomic mass is 10.1. The first-order valence-corrected chi connectivity index (χ1v) is 6.04. The van der Waals surface area contributed by atoms with E-state index in [4.69, 9.17) is 5.84 Å². The third kappa shape index (κ3) is 4.66. The van der Waals surface area contributed by atoms with Gasteiger partial charge in [0, 0.05) is 18.3 Å². The number of aromatic nitrogens is 2. The topological polar surface area (TPSA) is 67.1 Å². The Kier molecular flexibility index (Phi) is 5.31. The molecule has 3 N–H and O–H groups in total. The molecule has 17 heavy (non-hydrogen) atoms. The van der Waals surface area contributed by atoms with Crippen molar-refractivity contribution in [3.63, 3.8) is 0 Å². The van der Waals surface area contributed by atoms with Gasteiger partial charge in [-0.2, -0.15) is 0 Å². The lowest BCUT2D eigenvalue weighted by Crippen LogP contribution is -2.25. The van der Waals surface area contributed by atoms with Crippen LogP contribution in [0.25, 0.3) is 0 Å². The Labute approximate surface area is 103 Å². The standard InChI is InChI=1S/C12H23N5/c1-5-9(2)7-17(4)8-12-14-10(3)6-11(15-12)16-13/h6,9H,5,7-8,13H2,1-4H3,(H,14,15,16). The maximum atomic E-state index is 5.37. The van der Waals surface area contributed by atoms with Gasteiger partial charge in [-0.15, -0.1) is 0 Å². The predicted octanol–water partition coefficient (Wildman–Crippen LogP) is 1.55. The first kappa shape index (κ1) is 13.9. The largest absolute Gasteiger partial charge is 0.308 e. The Hall–Kier alpha value is -1.20. The van der Waals surface area contributed by atoms with E-state index in [2.05, 4.69) is 41.2 Å². The Bertz CT molecular complexity index is 353. The van der Waals surface area contributed by atoms with Gasteiger partial charge in [0.15, 0.2) is 0 Å². The number of hydrazine groups is 1. The van der Waals surface area contributed by atoms with Crippen LogP contribution in [0.1, 0.15) is 31.8 Å². The second-order valence-corrected chi connectivity index (χ2v) is 4.67. The van der Waals surface area contributed by atoms with Crippen molar-refractivity contribution in [2.45, 2.75) is 33.7 Å². The van der Waals surface area contributed by atoms with Crippen LogP contribution in [0, 0.1) is 12.8 Å². The zero-order valence-electron chi connectivity index (χ0n) is 11.2. The highest BCUT2D eigenvalue weighted by Gasteiger charge is 2.08. The second-order valence-electron chi connectivity index (χ2n) is 4.67. The van der Waals surface area contributed by atoms with Crippen molar-refractivity contribution in [2.24, 2.45) is 11.8 Å². The molecule has 1 aromatic heterocycles. The summed E-state index contributed by atoms with van der Waals surface area (Å²) >= 11 is 0. The molecule has 0 saturated heterocycles. The average molecular weight is 237 g/mol. The lowest BCUT2D eigenvalue weighted by molar-refractivity contribution is 0.269. The third-order valence-electron chi connectivity index (χ3n) is 2.78. The highest BCUT2D eigenvalue weighted by Crippen LogP contribution is 2.08. The molecule has 0 aliphatic rings. The molecule has 1 rings (SSSR count). The quantitative estimate of drug-likeness (QED) is 0.580. The predicted molar refractivity (Wildman–Crippen MR) is 70.4 cm³/mol. The monoisotopic (exact) mass is 237 g/mol. The molecule has 0 amide bonds. The zero-order valence-corrected chi connectivity index (χ0v) is 11.2. The molecule has 0 fully saturated rings. The van der Waals surface area contributed by atoms with Gasteiger partial charge in [0.05, 0.1) is 6.54 Å². The van der Waals surface area contributed by atoms with Gasteiger partial charge in [0.25, 0.3) is 0 Å². The van der Waals surface area contributed by atoms with Crippen LogP contribution in [0.15, 0.2) is 6.07 Å². The summed E-state index contributed by atoms with van der Waals surface area (Å²) in [5.41, 5.74) is 3.49. The molecule has 0 spiro atoms. The molecule has 0 aliphatic heterocycles. The van der Waals surface area contributed by atoms with Gasteiger partial charge < -0.3 is 5.43 Å². The Morgan fingerprint density at radius 1 is 1.47 bits per heavy atom. The summed E-state index contributed by atoms with van der Waals surface area (Å²) in [6.07, 6.45) is 1.19. The number of hydrogen-bond acceptors (Lipinski definition) is 5. The molecular weight excluding hydrogens is 214 g/mol. The molecule has 5 nitrogen and oxygen atoms in total. The lowest BCUT2D eigenvalue weighted by Gasteiger charge is -2.19. The third-order valence-corrected chi connectivity index (χ3v) is 2.78. The molecule has 0 bridgehead atoms. The summed E-state index contributed by atoms with van der Waals surface area (Å²) in [4.78, 5) is 11.0. The number of nitrogen functional groups attached to an aromatic ring is 1. The van der Waals surface area contributed by atoms with E-state index < -0.39 is 0 Å². The first-order chi connectivity index (χ1) is 8.05. The van der Waals surface area contributed by atoms with E-state index in [1.54, 1.807) is 0 Å². The maximum Gasteiger partial charge on any atom is 0.144 e. The van der Waals surface area contributed by atoms with E-state index in [1.165, 1.54) is 6.42 Å². The van der Waals surface area contributed by atoms with E-state index in [-0.39, 0.29) is 0 Å². The number of nitrogens with zero attached hydrogens (tertiary/aromatic N) is 3. The van der Waals surface area contributed by atoms with Crippen molar-refractivity contribution < 1.29 is 0 Å². The molecule has 5 heteroatoms. The number of nitrogens with one attached hydrogen (secondary N) is 1. The van der Waals surface area contributed by atoms with Gasteiger partial charge in [-0.3, -0.25) is 4.90 Å². The minimum Gasteiger partial charge on any atom is -0.308 e. The van der Waals surface area contributed by atoms with Crippen LogP contribution >= 0.6 is 0 Å². The highest BCUT2D eigenvalue weighted by atomic mass is 15.3. The van der Waals surface area contributed by atoms with Crippen LogP contribution in [-0.4, -0.2) is 28.5 Å². The molecule has 0 aromatic carbocycles. The molecule has 1 unspecified atom stereocenters. The summed E-state index contributed by atoms with van der Waals surface area (Å²) in [5, 5.41) is 0. The molecular formula is C12H23N5. The normalized spacial score (nSPS) is 12.8. The van der Waals surface area contributed by atoms with Crippen LogP contribution in [0.5, 0.6) is 0 Å². The minimum atomic E-state index is 0.671. The molecule has 96 valence electrons. The number of hydrogen-bond donors (Lipinski definition) is 2. The van der Waals surface area contributed by atoms with Crippen molar-refractivity contribution in [2.75, 3.05) is 19.0 Å². The van der Waals surface area contributed by atoms with Gasteiger partial charge in [-0.05, 0) is 19.9 Å². The van der Waals surface area contributed by atoms with E-state index in [9.17, 15) is 0 Å². The van der Waals surface area contributed by atoms with Crippen LogP contribution in [0.2, 0.25) is 0 Å². The fraction of sp³-hybridized carbons (Fsp3) is 0.667. The highest BCUT2D eigenvalue weighted by molar-refractivity contribution is 5.33. The summed E-state index contributed by atoms with van der Waals surface area (Å²) in [6, 6.07) is 1.83. The van der Waals surface area contributed by atoms with Crippen LogP contribution < -0.4 is 11.3 Å². The molecule has 1 aromatic rings. The van der Waals surface area contributed by atoms with Crippen LogP contribution in [0.3, 0.4) is 0 Å². The average Bonchev–Trinajstić information content (AvgIpc) is 2.27. The summed E-state index contributed by atoms with van der Waals surface area (Å²) in [7, 11) is 2.09. The van der Waals surface area contributed by atoms with E-state index >= 15 is 0 Å². The molecule has 1 heterocycles. The number of aryl methyl sites for hydroxylation is 1. The Balaban J connectivity index is 2.64. The fourth-order valence-electron chi connectivity index (χ4n) is 1.74. The second kappa shape index (κ2) is 6.51. The van der Waals surface area contributed by atoms with E-state index in [0.717, 1.165) is 24.6 Å². The zero-order chi connectivity index (χ0) is 12.8. The van der Waals surface area contributed by atoms with E-state index in [0.29, 0.717) is 11.7 Å². The number of anilines is 1. The van der Waals surface area contributed by atoms with Crippen molar-refractivity contribution in [3.05, 3.63) is 17.6 Å². The van der Waals surface area contributed by atoms with Gasteiger partial charge >= 0.3 is 0 Å². The Morgan fingerprint density at radius 2 is 2.18 bits per heavy atom. The van der Waals surface area contributed by atoms with E-state index in [1.807, 2.05) is 13.0 Å². The molecule has 1 atom stereocenters. The summed E-state index contributed by atoms with van der Waals surface area (Å²) in [5.74, 6) is 7.54. The van der Waals surface area contributed by atoms with Crippen LogP contribution in [-0.2, 0) is 6.54 Å². The van der Waals surface area contributed by atoms with Crippen molar-refractivity contribution in [3.8, 4) is 0 Å². The van der Waals surface area contributed by atoms with Crippen molar-refractivity contribution in [1.29, 1.82) is 0 Å². The van der Waals surface area contributed by atoms with Gasteiger partial charge in [-0.25, -0.2) is 15.8 Å². The molecule has 0 saturated carbocycles. The smallest absolute Gasteiger partial charge is 0.144 e. The first-order valence-electron chi connectivity index (χ1n) is 6.04. The van der Waals surface area contributed by atoms with Gasteiger partial charge in [-0.1, -0.05) is 20.3 Å². The summed E-state index contributed by atoms with van der Waals surface area (Å²) in [6.45, 7) is 8.21. The maximum absolute atomic E-state index is 5.37. The molecule has 0 radical (unpaired) electrons. The van der Waals surface area contributed by atoms with Crippen molar-refractivity contribution >= 4 is 5.82 Å². The molecule has 0 aliphatic carbocycles. The summed E-state index contributed by atoms with van der Waals surface area (Å²) < 4.78 is 0. The SMILES string of the molecule is CCC(C)CN(C)Cc1nc(C)cc(NN)n1. The van der Waals surface area contributed by atoms with Gasteiger partial charge in [0.1, 0.15) is 11.6 Å². The van der Waals surface area contributed by atoms with Gasteiger partial charge in [0.2, 0.25) is 0 Å². The number of nitrogens with two attached hydrogens (primary N) is 1. The van der Waals surface area contributed by atoms with Crippen molar-refractivity contribution in [1.82, 2.24) is 14.9 Å². The van der Waals surface area contributed by atoms with Crippen LogP contribution in [0.4, 0.5) is 5.82 Å². The number of rotatable bonds is 6. The fourth-order valence-corrected chi connectivity index (χ4v) is 1.74. The Morgan fingerprint density at radius 3 is 2.76 bits per heavy atom. The minimum absolute atomic E-state index is 0.671.